The molecule has 0 bridgehead atoms. The number of nitrogens with zero attached hydrogens (tertiary/aromatic N) is 6. The molecule has 0 amide bonds. The first-order chi connectivity index (χ1) is 49.6. The Morgan fingerprint density at radius 3 is 0.879 bits per heavy atom. The van der Waals surface area contributed by atoms with E-state index < -0.39 is 63.7 Å². The van der Waals surface area contributed by atoms with Gasteiger partial charge in [-0.3, -0.25) is 15.0 Å². The summed E-state index contributed by atoms with van der Waals surface area (Å²) in [4.78, 5) is 26.9. The Balaban J connectivity index is 0.000000295. The molecule has 567 valence electrons. The number of rotatable bonds is 15. The van der Waals surface area contributed by atoms with Crippen molar-refractivity contribution < 1.29 is 135 Å². The van der Waals surface area contributed by atoms with E-state index in [1.165, 1.54) is 30.5 Å². The van der Waals surface area contributed by atoms with E-state index >= 15 is 0 Å². The van der Waals surface area contributed by atoms with E-state index in [-0.39, 0.29) is 103 Å². The van der Waals surface area contributed by atoms with Crippen LogP contribution < -0.4 is 0 Å². The van der Waals surface area contributed by atoms with Gasteiger partial charge in [0.1, 0.15) is 11.6 Å². The van der Waals surface area contributed by atoms with Gasteiger partial charge in [-0.05, 0) is 102 Å². The van der Waals surface area contributed by atoms with E-state index in [0.29, 0.717) is 81.4 Å². The smallest absolute Gasteiger partial charge is 0.393 e. The van der Waals surface area contributed by atoms with Gasteiger partial charge in [-0.25, -0.2) is 30.7 Å². The summed E-state index contributed by atoms with van der Waals surface area (Å²) in [5.74, 6) is -11.5. The van der Waals surface area contributed by atoms with E-state index in [1.54, 1.807) is 108 Å². The molecule has 12 aromatic rings. The second-order valence-corrected chi connectivity index (χ2v) is 23.8. The number of hydrogen-bond donors (Lipinski definition) is 6. The standard InChI is InChI=1S/C23H14F3N2.C22H10F5N2.C22H13F2N2.3C5H12O2.3Ir/c24-23(25,26)19-13-11-16(12-14-19)20-15-27-21(17-7-3-1-4-8-17)22(28-20)18-9-5-2-6-10-18;23-16-15(17(24)19(26)20(27)18(16)25)14-11-28-21(12-7-3-1-4-8-12)22(29-14)13-9-5-2-6-10-13;23-18-11-17(12-19(24)13-18)20-14-25-21(15-7-3-1-4-8-15)22(26-20)16-9-5-2-6-10-16;3*1-4(6)3-5(2)7;;;/h1-7,9-15H;1-7,9-11H;1-7,9-14H;3*4-7H,3H2,1-2H3;;;/q3*-1;;;;;;. The minimum Gasteiger partial charge on any atom is -0.393 e. The number of aromatic nitrogens is 6. The molecule has 6 atom stereocenters. The van der Waals surface area contributed by atoms with Crippen LogP contribution >= 0.6 is 0 Å². The molecule has 0 saturated carbocycles. The minimum atomic E-state index is -4.37. The molecule has 0 aliphatic carbocycles. The van der Waals surface area contributed by atoms with Crippen molar-refractivity contribution in [3.63, 3.8) is 0 Å². The molecular weight excluding hydrogens is 1930 g/mol. The van der Waals surface area contributed by atoms with Crippen LogP contribution in [0.15, 0.2) is 225 Å². The van der Waals surface area contributed by atoms with Crippen LogP contribution in [0.1, 0.15) is 66.4 Å². The minimum absolute atomic E-state index is 0. The van der Waals surface area contributed by atoms with Gasteiger partial charge in [0.15, 0.2) is 23.3 Å². The van der Waals surface area contributed by atoms with Gasteiger partial charge in [0.05, 0.1) is 81.9 Å². The van der Waals surface area contributed by atoms with Gasteiger partial charge in [0.2, 0.25) is 5.82 Å². The zero-order valence-electron chi connectivity index (χ0n) is 58.1. The average molecular weight is 2010 g/mol. The quantitative estimate of drug-likeness (QED) is 0.0246. The van der Waals surface area contributed by atoms with Crippen molar-refractivity contribution in [3.05, 3.63) is 289 Å². The third-order valence-corrected chi connectivity index (χ3v) is 14.5. The number of hydrogen-bond acceptors (Lipinski definition) is 12. The molecule has 0 fully saturated rings. The molecule has 6 N–H and O–H groups in total. The summed E-state index contributed by atoms with van der Waals surface area (Å²) in [6, 6.07) is 67.1. The number of halogens is 10. The van der Waals surface area contributed by atoms with Crippen LogP contribution in [0.4, 0.5) is 43.9 Å². The molecule has 0 saturated heterocycles. The first kappa shape index (κ1) is 90.6. The zero-order chi connectivity index (χ0) is 75.6. The third kappa shape index (κ3) is 27.8. The van der Waals surface area contributed by atoms with Crippen LogP contribution in [-0.4, -0.2) is 97.2 Å². The summed E-state index contributed by atoms with van der Waals surface area (Å²) in [5, 5.41) is 51.4. The SMILES string of the molecule is CC(O)CC(C)O.CC(O)CC(C)O.CC(O)CC(C)O.FC(F)(F)c1ccc(-c2cnc(-c3[c-]cccc3)c(-c3ccccc3)n2)cc1.Fc1c(F)c(F)c(-c2cnc(-c3[c-]cccc3)c(-c3ccccc3)n2)c(F)c1F.Fc1cc(F)cc(-c2cnc(-c3[c-]cccc3)c(-c3ccccc3)n2)c1.[Ir].[Ir].[Ir]. The van der Waals surface area contributed by atoms with Gasteiger partial charge in [0, 0.05) is 113 Å². The molecule has 3 heterocycles. The van der Waals surface area contributed by atoms with E-state index in [2.05, 4.69) is 43.1 Å². The van der Waals surface area contributed by atoms with Crippen molar-refractivity contribution in [1.29, 1.82) is 0 Å². The maximum Gasteiger partial charge on any atom is 0.416 e. The molecule has 6 unspecified atom stereocenters. The van der Waals surface area contributed by atoms with Crippen molar-refractivity contribution in [1.82, 2.24) is 29.9 Å². The second kappa shape index (κ2) is 44.5. The number of benzene rings is 9. The first-order valence-electron chi connectivity index (χ1n) is 32.5. The fourth-order valence-electron chi connectivity index (χ4n) is 10.0. The van der Waals surface area contributed by atoms with Gasteiger partial charge in [-0.15, -0.1) is 108 Å². The summed E-state index contributed by atoms with van der Waals surface area (Å²) in [7, 11) is 0. The first-order valence-corrected chi connectivity index (χ1v) is 32.5. The summed E-state index contributed by atoms with van der Waals surface area (Å²) in [6.07, 6.45) is -1.13. The molecule has 0 spiro atoms. The molecule has 25 heteroatoms. The summed E-state index contributed by atoms with van der Waals surface area (Å²) >= 11 is 0. The summed E-state index contributed by atoms with van der Waals surface area (Å²) in [5.41, 5.74) is 7.17. The van der Waals surface area contributed by atoms with Crippen molar-refractivity contribution >= 4 is 0 Å². The normalized spacial score (nSPS) is 12.2. The Labute approximate surface area is 654 Å². The van der Waals surface area contributed by atoms with Crippen LogP contribution in [-0.2, 0) is 66.5 Å². The molecule has 12 nitrogen and oxygen atoms in total. The third-order valence-electron chi connectivity index (χ3n) is 14.5. The Hall–Kier alpha value is -8.77. The predicted molar refractivity (Wildman–Crippen MR) is 380 cm³/mol. The topological polar surface area (TPSA) is 199 Å². The van der Waals surface area contributed by atoms with Crippen LogP contribution in [0.3, 0.4) is 0 Å². The van der Waals surface area contributed by atoms with Gasteiger partial charge in [0.25, 0.3) is 0 Å². The monoisotopic (exact) mass is 2010 g/mol. The molecule has 0 aliphatic rings. The van der Waals surface area contributed by atoms with Crippen molar-refractivity contribution in [2.45, 2.75) is 104 Å². The average Bonchev–Trinajstić information content (AvgIpc) is 0.777. The molecule has 107 heavy (non-hydrogen) atoms. The fourth-order valence-corrected chi connectivity index (χ4v) is 10.0. The second-order valence-electron chi connectivity index (χ2n) is 23.8. The van der Waals surface area contributed by atoms with Gasteiger partial charge < -0.3 is 45.6 Å². The number of alkyl halides is 3. The molecule has 12 rings (SSSR count). The summed E-state index contributed by atoms with van der Waals surface area (Å²) < 4.78 is 135. The van der Waals surface area contributed by atoms with Gasteiger partial charge in [-0.2, -0.15) is 13.2 Å². The van der Waals surface area contributed by atoms with Crippen molar-refractivity contribution in [3.8, 4) is 101 Å². The summed E-state index contributed by atoms with van der Waals surface area (Å²) in [6.45, 7) is 9.96. The van der Waals surface area contributed by atoms with Crippen molar-refractivity contribution in [2.75, 3.05) is 0 Å². The van der Waals surface area contributed by atoms with Gasteiger partial charge >= 0.3 is 6.18 Å². The fraction of sp³-hybridized carbons (Fsp3) is 0.195. The van der Waals surface area contributed by atoms with E-state index in [9.17, 15) is 43.9 Å². The van der Waals surface area contributed by atoms with Gasteiger partial charge in [-0.1, -0.05) is 103 Å². The molecule has 9 aromatic carbocycles. The van der Waals surface area contributed by atoms with E-state index in [4.69, 9.17) is 35.6 Å². The van der Waals surface area contributed by atoms with E-state index in [1.807, 2.05) is 103 Å². The Morgan fingerprint density at radius 1 is 0.318 bits per heavy atom. The maximum atomic E-state index is 14.3. The van der Waals surface area contributed by atoms with Crippen LogP contribution in [0.5, 0.6) is 0 Å². The van der Waals surface area contributed by atoms with Crippen LogP contribution in [0, 0.1) is 58.9 Å². The Bertz CT molecular complexity index is 4530. The maximum absolute atomic E-state index is 14.3. The molecule has 3 aromatic heterocycles. The Morgan fingerprint density at radius 2 is 0.598 bits per heavy atom. The number of aliphatic hydroxyl groups excluding tert-OH is 6. The van der Waals surface area contributed by atoms with Crippen molar-refractivity contribution in [2.24, 2.45) is 0 Å². The number of aliphatic hydroxyl groups is 6. The zero-order valence-corrected chi connectivity index (χ0v) is 65.3. The van der Waals surface area contributed by atoms with Crippen LogP contribution in [0.2, 0.25) is 0 Å². The van der Waals surface area contributed by atoms with Crippen LogP contribution in [0.25, 0.3) is 101 Å². The van der Waals surface area contributed by atoms with E-state index in [0.717, 1.165) is 46.6 Å². The molecule has 3 radical (unpaired) electrons. The molecular formula is C82H73F10Ir3N6O6-3. The Kier molecular flexibility index (Phi) is 37.7. The molecule has 0 aliphatic heterocycles. The largest absolute Gasteiger partial charge is 0.416 e. The predicted octanol–water partition coefficient (Wildman–Crippen LogP) is 18.2.